The summed E-state index contributed by atoms with van der Waals surface area (Å²) in [6.07, 6.45) is 2.23. The third-order valence-electron chi connectivity index (χ3n) is 5.05. The van der Waals surface area contributed by atoms with Gasteiger partial charge in [-0.3, -0.25) is 4.79 Å². The number of aryl methyl sites for hydroxylation is 1. The molecule has 1 saturated carbocycles. The Morgan fingerprint density at radius 2 is 2.08 bits per heavy atom. The number of rotatable bonds is 2. The van der Waals surface area contributed by atoms with Crippen LogP contribution in [0.3, 0.4) is 0 Å². The molecule has 4 nitrogen and oxygen atoms in total. The van der Waals surface area contributed by atoms with Gasteiger partial charge in [0.05, 0.1) is 17.4 Å². The number of hydrogen-bond donors (Lipinski definition) is 2. The maximum atomic E-state index is 12.6. The van der Waals surface area contributed by atoms with Crippen molar-refractivity contribution in [3.05, 3.63) is 41.2 Å². The second-order valence-corrected chi connectivity index (χ2v) is 7.59. The van der Waals surface area contributed by atoms with Gasteiger partial charge in [0.2, 0.25) is 5.91 Å². The Morgan fingerprint density at radius 3 is 2.71 bits per heavy atom. The van der Waals surface area contributed by atoms with Gasteiger partial charge in [-0.05, 0) is 18.3 Å². The third kappa shape index (κ3) is 3.19. The van der Waals surface area contributed by atoms with E-state index in [9.17, 15) is 9.90 Å². The van der Waals surface area contributed by atoms with E-state index in [1.54, 1.807) is 13.2 Å². The molecule has 1 aliphatic heterocycles. The zero-order valence-electron chi connectivity index (χ0n) is 14.6. The van der Waals surface area contributed by atoms with E-state index in [4.69, 9.17) is 4.74 Å². The van der Waals surface area contributed by atoms with Crippen molar-refractivity contribution in [3.63, 3.8) is 0 Å². The molecule has 2 atom stereocenters. The van der Waals surface area contributed by atoms with Crippen molar-refractivity contribution >= 4 is 11.5 Å². The van der Waals surface area contributed by atoms with Gasteiger partial charge in [-0.1, -0.05) is 20.8 Å². The van der Waals surface area contributed by atoms with Crippen LogP contribution in [0.1, 0.15) is 44.2 Å². The molecule has 5 heteroatoms. The molecule has 130 valence electrons. The first-order valence-corrected chi connectivity index (χ1v) is 8.05. The van der Waals surface area contributed by atoms with Crippen LogP contribution in [0.2, 0.25) is 0 Å². The van der Waals surface area contributed by atoms with Crippen LogP contribution in [-0.4, -0.2) is 29.8 Å². The molecule has 1 amide bonds. The number of aliphatic hydroxyl groups is 1. The number of nitrogens with one attached hydrogen (secondary N) is 1. The first-order valence-electron chi connectivity index (χ1n) is 8.05. The Balaban J connectivity index is 0.00000208. The molecule has 1 fully saturated rings. The third-order valence-corrected chi connectivity index (χ3v) is 5.05. The average molecular weight is 498 g/mol. The predicted octanol–water partition coefficient (Wildman–Crippen LogP) is 3.16. The van der Waals surface area contributed by atoms with Crippen molar-refractivity contribution in [3.8, 4) is 0 Å². The van der Waals surface area contributed by atoms with Crippen LogP contribution in [0.25, 0.3) is 5.57 Å². The van der Waals surface area contributed by atoms with Gasteiger partial charge in [-0.25, -0.2) is 0 Å². The zero-order chi connectivity index (χ0) is 16.8. The molecule has 2 unspecified atom stereocenters. The first kappa shape index (κ1) is 19.2. The Bertz CT molecular complexity index is 683. The zero-order valence-corrected chi connectivity index (χ0v) is 17.5. The van der Waals surface area contributed by atoms with Crippen molar-refractivity contribution in [1.29, 1.82) is 0 Å². The Labute approximate surface area is 157 Å². The van der Waals surface area contributed by atoms with Crippen LogP contribution in [-0.2, 0) is 30.6 Å². The Kier molecular flexibility index (Phi) is 5.32. The molecule has 1 aliphatic carbocycles. The van der Waals surface area contributed by atoms with E-state index in [0.717, 1.165) is 12.0 Å². The number of aliphatic hydroxyl groups excluding tert-OH is 1. The second kappa shape index (κ2) is 6.65. The minimum atomic E-state index is -0.731. The molecule has 1 aromatic carbocycles. The number of benzene rings is 1. The van der Waals surface area contributed by atoms with Gasteiger partial charge < -0.3 is 15.2 Å². The minimum Gasteiger partial charge on any atom is -0.519 e. The standard InChI is InChI=1S/C19H24NO3.W/c1-12-7-5-6-8-14(12)15-16(21)19(20-17(15)22)10-13(23-4)9-18(2,3)11-19;/h5-7,13,21H,9-11H2,1-4H3,(H,20,22);/q-1;. The maximum Gasteiger partial charge on any atom is 0.214 e. The second-order valence-electron chi connectivity index (χ2n) is 7.59. The molecule has 2 N–H and O–H groups in total. The molecule has 0 bridgehead atoms. The van der Waals surface area contributed by atoms with Crippen LogP contribution in [0.5, 0.6) is 0 Å². The molecule has 0 radical (unpaired) electrons. The quantitative estimate of drug-likeness (QED) is 0.617. The number of carbonyl (C=O) groups is 1. The van der Waals surface area contributed by atoms with Crippen molar-refractivity contribution in [2.45, 2.75) is 51.7 Å². The van der Waals surface area contributed by atoms with Gasteiger partial charge in [0.25, 0.3) is 0 Å². The van der Waals surface area contributed by atoms with E-state index in [0.29, 0.717) is 24.0 Å². The number of hydrogen-bond acceptors (Lipinski definition) is 3. The topological polar surface area (TPSA) is 58.6 Å². The van der Waals surface area contributed by atoms with Gasteiger partial charge in [-0.2, -0.15) is 0 Å². The summed E-state index contributed by atoms with van der Waals surface area (Å²) in [4.78, 5) is 12.6. The molecular weight excluding hydrogens is 474 g/mol. The summed E-state index contributed by atoms with van der Waals surface area (Å²) in [5, 5.41) is 14.0. The van der Waals surface area contributed by atoms with Crippen LogP contribution in [0.4, 0.5) is 0 Å². The van der Waals surface area contributed by atoms with E-state index in [-0.39, 0.29) is 44.3 Å². The summed E-state index contributed by atoms with van der Waals surface area (Å²) in [6.45, 7) is 6.22. The number of methoxy groups -OCH3 is 1. The minimum absolute atomic E-state index is 0. The largest absolute Gasteiger partial charge is 0.519 e. The van der Waals surface area contributed by atoms with Gasteiger partial charge in [-0.15, -0.1) is 35.4 Å². The van der Waals surface area contributed by atoms with Crippen molar-refractivity contribution in [2.24, 2.45) is 5.41 Å². The summed E-state index contributed by atoms with van der Waals surface area (Å²) in [7, 11) is 1.69. The smallest absolute Gasteiger partial charge is 0.214 e. The Hall–Kier alpha value is -1.12. The Morgan fingerprint density at radius 1 is 1.38 bits per heavy atom. The van der Waals surface area contributed by atoms with E-state index in [1.165, 1.54) is 0 Å². The fraction of sp³-hybridized carbons (Fsp3) is 0.526. The van der Waals surface area contributed by atoms with Crippen LogP contribution in [0.15, 0.2) is 24.0 Å². The van der Waals surface area contributed by atoms with Crippen LogP contribution < -0.4 is 5.32 Å². The van der Waals surface area contributed by atoms with Gasteiger partial charge >= 0.3 is 0 Å². The van der Waals surface area contributed by atoms with Gasteiger partial charge in [0, 0.05) is 40.2 Å². The normalized spacial score (nSPS) is 28.7. The van der Waals surface area contributed by atoms with E-state index in [2.05, 4.69) is 25.2 Å². The summed E-state index contributed by atoms with van der Waals surface area (Å²) in [6, 6.07) is 8.67. The summed E-state index contributed by atoms with van der Waals surface area (Å²) < 4.78 is 5.57. The summed E-state index contributed by atoms with van der Waals surface area (Å²) in [5.41, 5.74) is 1.21. The van der Waals surface area contributed by atoms with Crippen molar-refractivity contribution in [2.75, 3.05) is 7.11 Å². The number of amides is 1. The predicted molar refractivity (Wildman–Crippen MR) is 88.9 cm³/mol. The van der Waals surface area contributed by atoms with Gasteiger partial charge in [0.15, 0.2) is 0 Å². The molecule has 3 rings (SSSR count). The van der Waals surface area contributed by atoms with Crippen LogP contribution in [0, 0.1) is 18.4 Å². The molecule has 24 heavy (non-hydrogen) atoms. The fourth-order valence-electron chi connectivity index (χ4n) is 4.19. The number of ether oxygens (including phenoxy) is 1. The average Bonchev–Trinajstić information content (AvgIpc) is 2.68. The summed E-state index contributed by atoms with van der Waals surface area (Å²) >= 11 is 0. The molecule has 1 heterocycles. The SMILES string of the molecule is COC1CC(C)(C)CC2(C1)NC(=O)C(c1[c-]cccc1C)=C2O.[W]. The maximum absolute atomic E-state index is 12.6. The molecular formula is C19H24NO3W-. The van der Waals surface area contributed by atoms with Crippen LogP contribution >= 0.6 is 0 Å². The monoisotopic (exact) mass is 498 g/mol. The molecule has 1 aromatic rings. The fourth-order valence-corrected chi connectivity index (χ4v) is 4.19. The first-order chi connectivity index (χ1) is 10.8. The molecule has 0 aromatic heterocycles. The van der Waals surface area contributed by atoms with Gasteiger partial charge in [0.1, 0.15) is 0 Å². The van der Waals surface area contributed by atoms with E-state index >= 15 is 0 Å². The summed E-state index contributed by atoms with van der Waals surface area (Å²) in [5.74, 6) is -0.0801. The number of carbonyl (C=O) groups excluding carboxylic acids is 1. The van der Waals surface area contributed by atoms with Crippen molar-refractivity contribution < 1.29 is 35.7 Å². The molecule has 0 saturated heterocycles. The molecule has 2 aliphatic rings. The van der Waals surface area contributed by atoms with E-state index in [1.807, 2.05) is 19.1 Å². The molecule has 1 spiro atoms. The van der Waals surface area contributed by atoms with Crippen molar-refractivity contribution in [1.82, 2.24) is 5.32 Å². The van der Waals surface area contributed by atoms with E-state index < -0.39 is 5.54 Å².